The van der Waals surface area contributed by atoms with E-state index in [0.29, 0.717) is 49.5 Å². The monoisotopic (exact) mass is 624 g/mol. The molecule has 0 saturated carbocycles. The molecule has 3 amide bonds. The number of likely N-dealkylation sites (tertiary alicyclic amines) is 2. The van der Waals surface area contributed by atoms with E-state index >= 15 is 0 Å². The zero-order chi connectivity index (χ0) is 29.4. The van der Waals surface area contributed by atoms with E-state index < -0.39 is 28.0 Å². The third-order valence-corrected chi connectivity index (χ3v) is 11.0. The van der Waals surface area contributed by atoms with Crippen LogP contribution < -0.4 is 10.0 Å². The summed E-state index contributed by atoms with van der Waals surface area (Å²) in [6, 6.07) is 18.6. The van der Waals surface area contributed by atoms with Gasteiger partial charge in [-0.2, -0.15) is 4.72 Å². The Morgan fingerprint density at radius 3 is 2.52 bits per heavy atom. The molecule has 6 rings (SSSR count). The number of hydrogen-bond donors (Lipinski definition) is 2. The van der Waals surface area contributed by atoms with Crippen LogP contribution in [0.5, 0.6) is 0 Å². The second-order valence-corrected chi connectivity index (χ2v) is 14.1. The molecule has 9 nitrogen and oxygen atoms in total. The number of benzene rings is 3. The van der Waals surface area contributed by atoms with Crippen molar-refractivity contribution in [1.82, 2.24) is 14.5 Å². The average Bonchev–Trinajstić information content (AvgIpc) is 3.63. The lowest BCUT2D eigenvalue weighted by atomic mass is 10.1. The van der Waals surface area contributed by atoms with Gasteiger partial charge in [-0.15, -0.1) is 11.3 Å². The number of rotatable bonds is 7. The van der Waals surface area contributed by atoms with Crippen LogP contribution >= 0.6 is 22.9 Å². The van der Waals surface area contributed by atoms with E-state index in [9.17, 15) is 22.8 Å². The highest BCUT2D eigenvalue weighted by molar-refractivity contribution is 7.91. The number of nitrogens with zero attached hydrogens (tertiary/aromatic N) is 2. The van der Waals surface area contributed by atoms with Crippen LogP contribution in [-0.4, -0.2) is 67.7 Å². The van der Waals surface area contributed by atoms with Gasteiger partial charge in [-0.1, -0.05) is 48.0 Å². The first-order valence-corrected chi connectivity index (χ1v) is 16.4. The summed E-state index contributed by atoms with van der Waals surface area (Å²) in [5.74, 6) is -1.04. The largest absolute Gasteiger partial charge is 0.332 e. The van der Waals surface area contributed by atoms with Crippen molar-refractivity contribution in [2.24, 2.45) is 0 Å². The summed E-state index contributed by atoms with van der Waals surface area (Å²) >= 11 is 7.12. The zero-order valence-corrected chi connectivity index (χ0v) is 25.0. The quantitative estimate of drug-likeness (QED) is 0.312. The second-order valence-electron chi connectivity index (χ2n) is 10.6. The topological polar surface area (TPSA) is 116 Å². The molecule has 12 heteroatoms. The Kier molecular flexibility index (Phi) is 7.93. The average molecular weight is 625 g/mol. The molecule has 42 heavy (non-hydrogen) atoms. The van der Waals surface area contributed by atoms with Crippen LogP contribution in [0, 0.1) is 0 Å². The molecule has 2 aliphatic heterocycles. The highest BCUT2D eigenvalue weighted by Crippen LogP contribution is 2.31. The molecule has 2 atom stereocenters. The molecule has 0 spiro atoms. The van der Waals surface area contributed by atoms with Crippen LogP contribution in [0.25, 0.3) is 20.9 Å². The van der Waals surface area contributed by atoms with Gasteiger partial charge in [0.1, 0.15) is 16.3 Å². The van der Waals surface area contributed by atoms with Gasteiger partial charge in [0.05, 0.1) is 6.54 Å². The second kappa shape index (κ2) is 11.6. The van der Waals surface area contributed by atoms with Crippen LogP contribution in [0.4, 0.5) is 5.69 Å². The maximum atomic E-state index is 13.3. The van der Waals surface area contributed by atoms with Crippen molar-refractivity contribution < 1.29 is 22.8 Å². The SMILES string of the molecule is O=C(Nc1ccc2ccccc2c1)[C@@H]1CCCN1C(=O)CN1CCC[C@H](NS(=O)(=O)c2cc3ccc(Cl)cc3s2)C1=O. The molecule has 218 valence electrons. The Bertz CT molecular complexity index is 1810. The number of thiophene rings is 1. The van der Waals surface area contributed by atoms with Crippen molar-refractivity contribution in [3.63, 3.8) is 0 Å². The molecule has 0 bridgehead atoms. The number of nitrogens with one attached hydrogen (secondary N) is 2. The molecule has 3 aromatic carbocycles. The van der Waals surface area contributed by atoms with Gasteiger partial charge >= 0.3 is 0 Å². The molecular weight excluding hydrogens is 596 g/mol. The first-order valence-electron chi connectivity index (χ1n) is 13.8. The number of carbonyl (C=O) groups excluding carboxylic acids is 3. The van der Waals surface area contributed by atoms with Gasteiger partial charge < -0.3 is 15.1 Å². The minimum Gasteiger partial charge on any atom is -0.332 e. The third-order valence-electron chi connectivity index (χ3n) is 7.77. The summed E-state index contributed by atoms with van der Waals surface area (Å²) in [6.07, 6.45) is 2.08. The molecule has 1 aromatic heterocycles. The number of halogens is 1. The molecule has 3 heterocycles. The molecule has 2 saturated heterocycles. The minimum absolute atomic E-state index is 0.0955. The normalized spacial score (nSPS) is 19.5. The standard InChI is InChI=1S/C30H29ClN4O5S2/c31-22-11-9-21-16-28(41-26(21)17-22)42(39,40)33-24-7-3-13-34(30(24)38)18-27(36)35-14-4-8-25(35)29(37)32-23-12-10-19-5-1-2-6-20(19)15-23/h1-2,5-6,9-12,15-17,24-25,33H,3-4,7-8,13-14,18H2,(H,32,37)/t24-,25-/m0/s1. The van der Waals surface area contributed by atoms with Gasteiger partial charge in [-0.05, 0) is 72.2 Å². The first kappa shape index (κ1) is 28.6. The molecule has 2 N–H and O–H groups in total. The maximum Gasteiger partial charge on any atom is 0.250 e. The minimum atomic E-state index is -3.97. The number of hydrogen-bond acceptors (Lipinski definition) is 6. The van der Waals surface area contributed by atoms with Crippen molar-refractivity contribution in [2.75, 3.05) is 25.0 Å². The number of amides is 3. The zero-order valence-electron chi connectivity index (χ0n) is 22.6. The predicted octanol–water partition coefficient (Wildman–Crippen LogP) is 4.61. The van der Waals surface area contributed by atoms with E-state index in [0.717, 1.165) is 32.2 Å². The summed E-state index contributed by atoms with van der Waals surface area (Å²) < 4.78 is 29.7. The van der Waals surface area contributed by atoms with Crippen LogP contribution in [0.1, 0.15) is 25.7 Å². The summed E-state index contributed by atoms with van der Waals surface area (Å²) in [4.78, 5) is 42.7. The van der Waals surface area contributed by atoms with Gasteiger partial charge in [-0.25, -0.2) is 8.42 Å². The summed E-state index contributed by atoms with van der Waals surface area (Å²) in [5.41, 5.74) is 0.654. The van der Waals surface area contributed by atoms with E-state index in [1.54, 1.807) is 24.3 Å². The Morgan fingerprint density at radius 2 is 1.69 bits per heavy atom. The first-order chi connectivity index (χ1) is 20.2. The van der Waals surface area contributed by atoms with Gasteiger partial charge in [0.15, 0.2) is 0 Å². The van der Waals surface area contributed by atoms with E-state index in [-0.39, 0.29) is 22.6 Å². The Morgan fingerprint density at radius 1 is 0.929 bits per heavy atom. The number of carbonyl (C=O) groups is 3. The maximum absolute atomic E-state index is 13.3. The van der Waals surface area contributed by atoms with Crippen molar-refractivity contribution in [1.29, 1.82) is 0 Å². The number of piperidine rings is 1. The number of sulfonamides is 1. The molecular formula is C30H29ClN4O5S2. The van der Waals surface area contributed by atoms with Crippen LogP contribution in [0.15, 0.2) is 70.9 Å². The summed E-state index contributed by atoms with van der Waals surface area (Å²) in [7, 11) is -3.97. The lowest BCUT2D eigenvalue weighted by Crippen LogP contribution is -2.55. The van der Waals surface area contributed by atoms with E-state index in [1.807, 2.05) is 42.5 Å². The number of anilines is 1. The van der Waals surface area contributed by atoms with Crippen LogP contribution in [0.2, 0.25) is 5.02 Å². The van der Waals surface area contributed by atoms with Crippen LogP contribution in [0.3, 0.4) is 0 Å². The van der Waals surface area contributed by atoms with Crippen molar-refractivity contribution >= 4 is 77.2 Å². The lowest BCUT2D eigenvalue weighted by Gasteiger charge is -2.33. The molecule has 0 unspecified atom stereocenters. The Labute approximate surface area is 252 Å². The van der Waals surface area contributed by atoms with E-state index in [4.69, 9.17) is 11.6 Å². The van der Waals surface area contributed by atoms with Gasteiger partial charge in [0.25, 0.3) is 10.0 Å². The highest BCUT2D eigenvalue weighted by Gasteiger charge is 2.38. The Balaban J connectivity index is 1.10. The Hall–Kier alpha value is -3.51. The fourth-order valence-electron chi connectivity index (χ4n) is 5.65. The predicted molar refractivity (Wildman–Crippen MR) is 164 cm³/mol. The smallest absolute Gasteiger partial charge is 0.250 e. The molecule has 2 aliphatic rings. The van der Waals surface area contributed by atoms with Crippen LogP contribution in [-0.2, 0) is 24.4 Å². The number of fused-ring (bicyclic) bond motifs is 2. The molecule has 4 aromatic rings. The molecule has 0 aliphatic carbocycles. The fourth-order valence-corrected chi connectivity index (χ4v) is 8.56. The highest BCUT2D eigenvalue weighted by atomic mass is 35.5. The van der Waals surface area contributed by atoms with Gasteiger partial charge in [0.2, 0.25) is 17.7 Å². The third kappa shape index (κ3) is 5.87. The lowest BCUT2D eigenvalue weighted by molar-refractivity contribution is -0.144. The van der Waals surface area contributed by atoms with Crippen molar-refractivity contribution in [3.8, 4) is 0 Å². The fraction of sp³-hybridized carbons (Fsp3) is 0.300. The summed E-state index contributed by atoms with van der Waals surface area (Å²) in [6.45, 7) is 0.548. The molecule has 2 fully saturated rings. The van der Waals surface area contributed by atoms with Gasteiger partial charge in [0, 0.05) is 28.5 Å². The van der Waals surface area contributed by atoms with Crippen molar-refractivity contribution in [2.45, 2.75) is 42.0 Å². The van der Waals surface area contributed by atoms with Crippen molar-refractivity contribution in [3.05, 3.63) is 71.8 Å². The molecule has 0 radical (unpaired) electrons. The van der Waals surface area contributed by atoms with Gasteiger partial charge in [-0.3, -0.25) is 14.4 Å². The van der Waals surface area contributed by atoms with E-state index in [1.165, 1.54) is 9.80 Å². The summed E-state index contributed by atoms with van der Waals surface area (Å²) in [5, 5.41) is 6.26. The van der Waals surface area contributed by atoms with E-state index in [2.05, 4.69) is 10.0 Å².